The molecule has 0 bridgehead atoms. The standard InChI is InChI=1S/C10H9NO3/c12-10(13)14-8-5-1-3-7-4-2-6-11-9(7)8/h1-5,11H,6H2,(H,12,13). The number of nitrogens with one attached hydrogen (secondary N) is 1. The van der Waals surface area contributed by atoms with Crippen LogP contribution < -0.4 is 10.1 Å². The van der Waals surface area contributed by atoms with Crippen molar-refractivity contribution in [1.29, 1.82) is 0 Å². The summed E-state index contributed by atoms with van der Waals surface area (Å²) in [4.78, 5) is 10.4. The Kier molecular flexibility index (Phi) is 2.10. The Labute approximate surface area is 80.8 Å². The van der Waals surface area contributed by atoms with Gasteiger partial charge in [0.15, 0.2) is 5.75 Å². The Morgan fingerprint density at radius 1 is 1.50 bits per heavy atom. The highest BCUT2D eigenvalue weighted by Gasteiger charge is 2.11. The van der Waals surface area contributed by atoms with Gasteiger partial charge in [-0.3, -0.25) is 0 Å². The SMILES string of the molecule is O=C(O)Oc1cccc2c1NCC=C2. The Morgan fingerprint density at radius 2 is 2.36 bits per heavy atom. The van der Waals surface area contributed by atoms with Gasteiger partial charge in [0.2, 0.25) is 0 Å². The quantitative estimate of drug-likeness (QED) is 0.527. The molecule has 0 saturated carbocycles. The number of para-hydroxylation sites is 1. The average molecular weight is 191 g/mol. The van der Waals surface area contributed by atoms with Crippen molar-refractivity contribution in [3.05, 3.63) is 29.8 Å². The van der Waals surface area contributed by atoms with E-state index in [9.17, 15) is 4.79 Å². The molecule has 1 heterocycles. The molecule has 0 aromatic heterocycles. The number of fused-ring (bicyclic) bond motifs is 1. The maximum atomic E-state index is 10.4. The van der Waals surface area contributed by atoms with Crippen LogP contribution in [0.1, 0.15) is 5.56 Å². The maximum absolute atomic E-state index is 10.4. The second kappa shape index (κ2) is 3.41. The van der Waals surface area contributed by atoms with Crippen LogP contribution in [0.2, 0.25) is 0 Å². The second-order valence-corrected chi connectivity index (χ2v) is 2.87. The first-order valence-electron chi connectivity index (χ1n) is 4.21. The first kappa shape index (κ1) is 8.62. The summed E-state index contributed by atoms with van der Waals surface area (Å²) in [6.07, 6.45) is 2.60. The fraction of sp³-hybridized carbons (Fsp3) is 0.100. The van der Waals surface area contributed by atoms with Gasteiger partial charge < -0.3 is 15.2 Å². The molecule has 2 rings (SSSR count). The van der Waals surface area contributed by atoms with Gasteiger partial charge >= 0.3 is 6.16 Å². The van der Waals surface area contributed by atoms with E-state index in [2.05, 4.69) is 10.1 Å². The molecule has 4 nitrogen and oxygen atoms in total. The lowest BCUT2D eigenvalue weighted by molar-refractivity contribution is 0.144. The Morgan fingerprint density at radius 3 is 3.14 bits per heavy atom. The van der Waals surface area contributed by atoms with Gasteiger partial charge in [-0.1, -0.05) is 24.3 Å². The van der Waals surface area contributed by atoms with E-state index in [0.29, 0.717) is 12.3 Å². The Bertz CT molecular complexity index is 398. The largest absolute Gasteiger partial charge is 0.511 e. The lowest BCUT2D eigenvalue weighted by Gasteiger charge is -2.15. The van der Waals surface area contributed by atoms with Crippen LogP contribution in [0.15, 0.2) is 24.3 Å². The molecule has 4 heteroatoms. The molecular weight excluding hydrogens is 182 g/mol. The monoisotopic (exact) mass is 191 g/mol. The molecule has 0 amide bonds. The van der Waals surface area contributed by atoms with Gasteiger partial charge in [0.05, 0.1) is 5.69 Å². The van der Waals surface area contributed by atoms with Crippen LogP contribution in [0, 0.1) is 0 Å². The summed E-state index contributed by atoms with van der Waals surface area (Å²) in [6, 6.07) is 5.28. The molecular formula is C10H9NO3. The number of benzene rings is 1. The van der Waals surface area contributed by atoms with Gasteiger partial charge in [-0.2, -0.15) is 0 Å². The molecule has 0 spiro atoms. The number of hydrogen-bond acceptors (Lipinski definition) is 3. The number of hydrogen-bond donors (Lipinski definition) is 2. The lowest BCUT2D eigenvalue weighted by atomic mass is 10.1. The summed E-state index contributed by atoms with van der Waals surface area (Å²) < 4.78 is 4.63. The van der Waals surface area contributed by atoms with Crippen molar-refractivity contribution in [1.82, 2.24) is 0 Å². The minimum Gasteiger partial charge on any atom is -0.449 e. The molecule has 14 heavy (non-hydrogen) atoms. The van der Waals surface area contributed by atoms with Crippen molar-refractivity contribution in [2.45, 2.75) is 0 Å². The topological polar surface area (TPSA) is 58.6 Å². The summed E-state index contributed by atoms with van der Waals surface area (Å²) in [7, 11) is 0. The highest BCUT2D eigenvalue weighted by molar-refractivity contribution is 5.77. The first-order chi connectivity index (χ1) is 6.77. The highest BCUT2D eigenvalue weighted by atomic mass is 16.7. The van der Waals surface area contributed by atoms with Crippen LogP contribution >= 0.6 is 0 Å². The number of rotatable bonds is 1. The number of carboxylic acid groups (broad SMARTS) is 1. The zero-order valence-electron chi connectivity index (χ0n) is 7.36. The number of ether oxygens (including phenoxy) is 1. The molecule has 0 aliphatic carbocycles. The molecule has 0 atom stereocenters. The van der Waals surface area contributed by atoms with Crippen LogP contribution in [0.4, 0.5) is 10.5 Å². The average Bonchev–Trinajstić information content (AvgIpc) is 2.18. The van der Waals surface area contributed by atoms with E-state index < -0.39 is 6.16 Å². The number of anilines is 1. The van der Waals surface area contributed by atoms with Crippen LogP contribution in [0.3, 0.4) is 0 Å². The predicted octanol–water partition coefficient (Wildman–Crippen LogP) is 2.18. The van der Waals surface area contributed by atoms with E-state index in [1.165, 1.54) is 0 Å². The van der Waals surface area contributed by atoms with Gasteiger partial charge in [0.25, 0.3) is 0 Å². The van der Waals surface area contributed by atoms with E-state index in [1.807, 2.05) is 18.2 Å². The molecule has 1 aliphatic rings. The lowest BCUT2D eigenvalue weighted by Crippen LogP contribution is -2.10. The maximum Gasteiger partial charge on any atom is 0.511 e. The molecule has 0 saturated heterocycles. The second-order valence-electron chi connectivity index (χ2n) is 2.87. The van der Waals surface area contributed by atoms with Crippen LogP contribution in [-0.2, 0) is 0 Å². The van der Waals surface area contributed by atoms with E-state index in [0.717, 1.165) is 11.3 Å². The summed E-state index contributed by atoms with van der Waals surface area (Å²) in [5.41, 5.74) is 1.67. The van der Waals surface area contributed by atoms with Crippen molar-refractivity contribution in [3.8, 4) is 5.75 Å². The van der Waals surface area contributed by atoms with Crippen molar-refractivity contribution >= 4 is 17.9 Å². The fourth-order valence-corrected chi connectivity index (χ4v) is 1.40. The third-order valence-electron chi connectivity index (χ3n) is 1.95. The predicted molar refractivity (Wildman–Crippen MR) is 52.6 cm³/mol. The van der Waals surface area contributed by atoms with Crippen LogP contribution in [0.25, 0.3) is 6.08 Å². The normalized spacial score (nSPS) is 12.9. The van der Waals surface area contributed by atoms with Crippen molar-refractivity contribution in [3.63, 3.8) is 0 Å². The Hall–Kier alpha value is -1.97. The Balaban J connectivity index is 2.41. The van der Waals surface area contributed by atoms with Crippen molar-refractivity contribution in [2.24, 2.45) is 0 Å². The molecule has 0 radical (unpaired) electrons. The third-order valence-corrected chi connectivity index (χ3v) is 1.95. The van der Waals surface area contributed by atoms with Gasteiger partial charge in [0.1, 0.15) is 0 Å². The molecule has 0 fully saturated rings. The molecule has 1 aliphatic heterocycles. The van der Waals surface area contributed by atoms with Crippen LogP contribution in [-0.4, -0.2) is 17.8 Å². The molecule has 2 N–H and O–H groups in total. The zero-order chi connectivity index (χ0) is 9.97. The van der Waals surface area contributed by atoms with Gasteiger partial charge in [0, 0.05) is 12.1 Å². The first-order valence-corrected chi connectivity index (χ1v) is 4.21. The minimum absolute atomic E-state index is 0.347. The number of carbonyl (C=O) groups is 1. The molecule has 1 aromatic rings. The third kappa shape index (κ3) is 1.54. The van der Waals surface area contributed by atoms with E-state index in [1.54, 1.807) is 12.1 Å². The summed E-state index contributed by atoms with van der Waals surface area (Å²) in [5.74, 6) is 0.347. The minimum atomic E-state index is -1.30. The fourth-order valence-electron chi connectivity index (χ4n) is 1.40. The van der Waals surface area contributed by atoms with E-state index >= 15 is 0 Å². The molecule has 1 aromatic carbocycles. The summed E-state index contributed by atoms with van der Waals surface area (Å²) in [6.45, 7) is 0.687. The highest BCUT2D eigenvalue weighted by Crippen LogP contribution is 2.31. The van der Waals surface area contributed by atoms with Gasteiger partial charge in [-0.05, 0) is 6.07 Å². The smallest absolute Gasteiger partial charge is 0.449 e. The summed E-state index contributed by atoms with van der Waals surface area (Å²) >= 11 is 0. The zero-order valence-corrected chi connectivity index (χ0v) is 7.36. The van der Waals surface area contributed by atoms with Crippen molar-refractivity contribution in [2.75, 3.05) is 11.9 Å². The van der Waals surface area contributed by atoms with Gasteiger partial charge in [-0.15, -0.1) is 0 Å². The van der Waals surface area contributed by atoms with E-state index in [4.69, 9.17) is 5.11 Å². The molecule has 0 unspecified atom stereocenters. The van der Waals surface area contributed by atoms with E-state index in [-0.39, 0.29) is 0 Å². The van der Waals surface area contributed by atoms with Crippen LogP contribution in [0.5, 0.6) is 5.75 Å². The van der Waals surface area contributed by atoms with Gasteiger partial charge in [-0.25, -0.2) is 4.79 Å². The summed E-state index contributed by atoms with van der Waals surface area (Å²) in [5, 5.41) is 11.6. The van der Waals surface area contributed by atoms with Crippen molar-refractivity contribution < 1.29 is 14.6 Å². The molecule has 72 valence electrons.